The number of carbonyl (C=O) groups excluding carboxylic acids is 1. The fraction of sp³-hybridized carbons (Fsp3) is 0.500. The first-order valence-corrected chi connectivity index (χ1v) is 5.73. The van der Waals surface area contributed by atoms with E-state index >= 15 is 0 Å². The molecule has 3 heteroatoms. The Morgan fingerprint density at radius 3 is 2.47 bits per heavy atom. The van der Waals surface area contributed by atoms with Gasteiger partial charge in [-0.3, -0.25) is 4.79 Å². The van der Waals surface area contributed by atoms with Crippen LogP contribution < -0.4 is 0 Å². The molecular formula is C14H19FO2. The van der Waals surface area contributed by atoms with Gasteiger partial charge in [0, 0.05) is 6.42 Å². The van der Waals surface area contributed by atoms with Gasteiger partial charge in [0.2, 0.25) is 0 Å². The van der Waals surface area contributed by atoms with E-state index in [1.54, 1.807) is 25.1 Å². The minimum Gasteiger partial charge on any atom is -0.365 e. The predicted octanol–water partition coefficient (Wildman–Crippen LogP) is 3.14. The summed E-state index contributed by atoms with van der Waals surface area (Å²) in [5, 5.41) is 0. The highest BCUT2D eigenvalue weighted by atomic mass is 19.1. The summed E-state index contributed by atoms with van der Waals surface area (Å²) in [6.07, 6.45) is -0.446. The van der Waals surface area contributed by atoms with Crippen molar-refractivity contribution in [2.24, 2.45) is 0 Å². The maximum absolute atomic E-state index is 13.4. The molecule has 0 saturated heterocycles. The average molecular weight is 238 g/mol. The average Bonchev–Trinajstić information content (AvgIpc) is 2.18. The Balaban J connectivity index is 2.64. The molecule has 1 aromatic rings. The molecule has 0 aliphatic heterocycles. The Morgan fingerprint density at radius 1 is 1.35 bits per heavy atom. The number of hydrogen-bond acceptors (Lipinski definition) is 2. The third-order valence-electron chi connectivity index (χ3n) is 2.31. The number of ether oxygens (including phenoxy) is 1. The van der Waals surface area contributed by atoms with Crippen LogP contribution in [0.5, 0.6) is 0 Å². The van der Waals surface area contributed by atoms with Crippen molar-refractivity contribution in [3.05, 3.63) is 35.6 Å². The van der Waals surface area contributed by atoms with Crippen molar-refractivity contribution in [1.82, 2.24) is 0 Å². The van der Waals surface area contributed by atoms with Gasteiger partial charge in [-0.2, -0.15) is 0 Å². The second-order valence-corrected chi connectivity index (χ2v) is 5.11. The summed E-state index contributed by atoms with van der Waals surface area (Å²) in [4.78, 5) is 11.9. The van der Waals surface area contributed by atoms with Gasteiger partial charge in [-0.05, 0) is 39.3 Å². The number of ketones is 1. The lowest BCUT2D eigenvalue weighted by molar-refractivity contribution is -0.137. The number of carbonyl (C=O) groups is 1. The van der Waals surface area contributed by atoms with Crippen LogP contribution in [-0.4, -0.2) is 17.5 Å². The Kier molecular flexibility index (Phi) is 4.40. The summed E-state index contributed by atoms with van der Waals surface area (Å²) in [6, 6.07) is 6.31. The van der Waals surface area contributed by atoms with Crippen LogP contribution in [0.25, 0.3) is 0 Å². The molecule has 0 heterocycles. The zero-order chi connectivity index (χ0) is 13.1. The molecule has 1 rings (SSSR count). The van der Waals surface area contributed by atoms with E-state index in [4.69, 9.17) is 4.74 Å². The monoisotopic (exact) mass is 238 g/mol. The molecule has 0 amide bonds. The lowest BCUT2D eigenvalue weighted by Crippen LogP contribution is -2.32. The van der Waals surface area contributed by atoms with Crippen LogP contribution in [-0.2, 0) is 16.0 Å². The molecule has 1 aromatic carbocycles. The first kappa shape index (κ1) is 13.8. The molecule has 17 heavy (non-hydrogen) atoms. The Morgan fingerprint density at radius 2 is 1.94 bits per heavy atom. The molecule has 0 aliphatic rings. The largest absolute Gasteiger partial charge is 0.365 e. The zero-order valence-corrected chi connectivity index (χ0v) is 10.8. The molecule has 2 nitrogen and oxygen atoms in total. The van der Waals surface area contributed by atoms with E-state index in [0.717, 1.165) is 0 Å². The van der Waals surface area contributed by atoms with Gasteiger partial charge in [-0.1, -0.05) is 18.2 Å². The topological polar surface area (TPSA) is 26.3 Å². The van der Waals surface area contributed by atoms with Crippen LogP contribution in [0.4, 0.5) is 4.39 Å². The van der Waals surface area contributed by atoms with Crippen molar-refractivity contribution in [2.45, 2.75) is 45.8 Å². The predicted molar refractivity (Wildman–Crippen MR) is 65.4 cm³/mol. The summed E-state index contributed by atoms with van der Waals surface area (Å²) in [5.74, 6) is -0.450. The summed E-state index contributed by atoms with van der Waals surface area (Å²) >= 11 is 0. The second kappa shape index (κ2) is 5.41. The second-order valence-electron chi connectivity index (χ2n) is 5.11. The van der Waals surface area contributed by atoms with Gasteiger partial charge in [-0.15, -0.1) is 0 Å². The van der Waals surface area contributed by atoms with Crippen molar-refractivity contribution < 1.29 is 13.9 Å². The first-order valence-electron chi connectivity index (χ1n) is 5.73. The van der Waals surface area contributed by atoms with E-state index in [-0.39, 0.29) is 23.6 Å². The Hall–Kier alpha value is -1.22. The molecule has 0 bridgehead atoms. The maximum Gasteiger partial charge on any atom is 0.165 e. The van der Waals surface area contributed by atoms with Crippen LogP contribution in [0.1, 0.15) is 33.3 Å². The van der Waals surface area contributed by atoms with Gasteiger partial charge in [0.25, 0.3) is 0 Å². The molecule has 0 N–H and O–H groups in total. The highest BCUT2D eigenvalue weighted by Gasteiger charge is 2.21. The fourth-order valence-electron chi connectivity index (χ4n) is 1.57. The van der Waals surface area contributed by atoms with Crippen LogP contribution >= 0.6 is 0 Å². The lowest BCUT2D eigenvalue weighted by atomic mass is 10.0. The van der Waals surface area contributed by atoms with Crippen LogP contribution in [0.15, 0.2) is 24.3 Å². The number of hydrogen-bond donors (Lipinski definition) is 0. The quantitative estimate of drug-likeness (QED) is 0.805. The van der Waals surface area contributed by atoms with Crippen molar-refractivity contribution in [2.75, 3.05) is 0 Å². The Labute approximate surface area is 102 Å². The van der Waals surface area contributed by atoms with E-state index in [1.807, 2.05) is 20.8 Å². The van der Waals surface area contributed by atoms with Crippen molar-refractivity contribution in [1.29, 1.82) is 0 Å². The highest BCUT2D eigenvalue weighted by molar-refractivity contribution is 5.84. The summed E-state index contributed by atoms with van der Waals surface area (Å²) in [7, 11) is 0. The number of benzene rings is 1. The Bertz CT molecular complexity index is 393. The molecule has 0 aliphatic carbocycles. The number of rotatable bonds is 4. The molecule has 0 spiro atoms. The van der Waals surface area contributed by atoms with Gasteiger partial charge in [-0.25, -0.2) is 4.39 Å². The van der Waals surface area contributed by atoms with Crippen LogP contribution in [0.2, 0.25) is 0 Å². The van der Waals surface area contributed by atoms with Gasteiger partial charge in [0.1, 0.15) is 11.9 Å². The molecule has 1 atom stereocenters. The molecule has 0 fully saturated rings. The molecular weight excluding hydrogens is 219 g/mol. The van der Waals surface area contributed by atoms with Crippen LogP contribution in [0, 0.1) is 5.82 Å². The number of halogens is 1. The minimum atomic E-state index is -0.519. The van der Waals surface area contributed by atoms with E-state index in [1.165, 1.54) is 6.07 Å². The van der Waals surface area contributed by atoms with Crippen LogP contribution in [0.3, 0.4) is 0 Å². The molecule has 0 saturated carbocycles. The van der Waals surface area contributed by atoms with Gasteiger partial charge in [0.15, 0.2) is 5.78 Å². The third kappa shape index (κ3) is 4.65. The SMILES string of the molecule is CC(OC(C)(C)C)C(=O)Cc1ccccc1F. The zero-order valence-electron chi connectivity index (χ0n) is 10.8. The van der Waals surface area contributed by atoms with E-state index in [9.17, 15) is 9.18 Å². The summed E-state index contributed by atoms with van der Waals surface area (Å²) in [5.41, 5.74) is 0.0477. The van der Waals surface area contributed by atoms with Crippen molar-refractivity contribution in [3.63, 3.8) is 0 Å². The molecule has 1 unspecified atom stereocenters. The standard InChI is InChI=1S/C14H19FO2/c1-10(17-14(2,3)4)13(16)9-11-7-5-6-8-12(11)15/h5-8,10H,9H2,1-4H3. The summed E-state index contributed by atoms with van der Waals surface area (Å²) in [6.45, 7) is 7.37. The van der Waals surface area contributed by atoms with E-state index in [0.29, 0.717) is 5.56 Å². The lowest BCUT2D eigenvalue weighted by Gasteiger charge is -2.24. The van der Waals surface area contributed by atoms with Gasteiger partial charge < -0.3 is 4.74 Å². The third-order valence-corrected chi connectivity index (χ3v) is 2.31. The molecule has 94 valence electrons. The first-order chi connectivity index (χ1) is 7.79. The van der Waals surface area contributed by atoms with Gasteiger partial charge in [0.05, 0.1) is 5.60 Å². The van der Waals surface area contributed by atoms with E-state index < -0.39 is 6.10 Å². The normalized spacial score (nSPS) is 13.5. The highest BCUT2D eigenvalue weighted by Crippen LogP contribution is 2.14. The van der Waals surface area contributed by atoms with E-state index in [2.05, 4.69) is 0 Å². The fourth-order valence-corrected chi connectivity index (χ4v) is 1.57. The smallest absolute Gasteiger partial charge is 0.165 e. The maximum atomic E-state index is 13.4. The van der Waals surface area contributed by atoms with Gasteiger partial charge >= 0.3 is 0 Å². The minimum absolute atomic E-state index is 0.0733. The van der Waals surface area contributed by atoms with Crippen molar-refractivity contribution in [3.8, 4) is 0 Å². The van der Waals surface area contributed by atoms with Crippen molar-refractivity contribution >= 4 is 5.78 Å². The molecule has 0 radical (unpaired) electrons. The number of Topliss-reactive ketones (excluding diaryl/α,β-unsaturated/α-hetero) is 1. The summed E-state index contributed by atoms with van der Waals surface area (Å²) < 4.78 is 18.9. The molecule has 0 aromatic heterocycles.